The minimum atomic E-state index is -0.433. The van der Waals surface area contributed by atoms with Crippen molar-refractivity contribution in [3.8, 4) is 11.5 Å². The van der Waals surface area contributed by atoms with Crippen molar-refractivity contribution >= 4 is 23.6 Å². The highest BCUT2D eigenvalue weighted by atomic mass is 32.2. The summed E-state index contributed by atoms with van der Waals surface area (Å²) in [5, 5.41) is -0.358. The number of ether oxygens (including phenoxy) is 2. The number of hydrazine groups is 1. The Morgan fingerprint density at radius 1 is 1.07 bits per heavy atom. The number of thioether (sulfide) groups is 1. The lowest BCUT2D eigenvalue weighted by Crippen LogP contribution is -2.44. The second-order valence-electron chi connectivity index (χ2n) is 5.82. The minimum Gasteiger partial charge on any atom is -0.493 e. The van der Waals surface area contributed by atoms with E-state index in [2.05, 4.69) is 10.9 Å². The van der Waals surface area contributed by atoms with Gasteiger partial charge in [-0.25, -0.2) is 0 Å². The predicted octanol–water partition coefficient (Wildman–Crippen LogP) is 3.34. The van der Waals surface area contributed by atoms with Crippen LogP contribution in [-0.2, 0) is 4.79 Å². The van der Waals surface area contributed by atoms with Crippen molar-refractivity contribution in [2.75, 3.05) is 13.7 Å². The summed E-state index contributed by atoms with van der Waals surface area (Å²) in [6, 6.07) is 12.8. The van der Waals surface area contributed by atoms with E-state index in [-0.39, 0.29) is 11.2 Å². The third kappa shape index (κ3) is 5.92. The molecule has 0 saturated heterocycles. The van der Waals surface area contributed by atoms with Crippen molar-refractivity contribution in [1.29, 1.82) is 0 Å². The Morgan fingerprint density at radius 3 is 2.41 bits per heavy atom. The molecule has 27 heavy (non-hydrogen) atoms. The number of amides is 2. The highest BCUT2D eigenvalue weighted by Gasteiger charge is 2.16. The van der Waals surface area contributed by atoms with E-state index in [9.17, 15) is 9.59 Å². The van der Waals surface area contributed by atoms with Crippen molar-refractivity contribution in [3.05, 3.63) is 53.6 Å². The zero-order valence-electron chi connectivity index (χ0n) is 15.9. The summed E-state index contributed by atoms with van der Waals surface area (Å²) < 4.78 is 10.7. The molecule has 1 atom stereocenters. The van der Waals surface area contributed by atoms with Crippen LogP contribution in [0.4, 0.5) is 0 Å². The Kier molecular flexibility index (Phi) is 7.55. The number of carbonyl (C=O) groups is 2. The molecule has 2 aromatic rings. The number of aryl methyl sites for hydroxylation is 1. The molecule has 0 heterocycles. The van der Waals surface area contributed by atoms with Gasteiger partial charge in [-0.2, -0.15) is 0 Å². The van der Waals surface area contributed by atoms with Gasteiger partial charge in [-0.1, -0.05) is 17.7 Å². The first-order valence-electron chi connectivity index (χ1n) is 8.59. The molecule has 0 fully saturated rings. The molecule has 0 aliphatic carbocycles. The van der Waals surface area contributed by atoms with Gasteiger partial charge in [0.15, 0.2) is 11.5 Å². The molecule has 0 saturated carbocycles. The topological polar surface area (TPSA) is 76.7 Å². The van der Waals surface area contributed by atoms with Gasteiger partial charge < -0.3 is 9.47 Å². The Balaban J connectivity index is 1.92. The van der Waals surface area contributed by atoms with Crippen molar-refractivity contribution in [2.24, 2.45) is 0 Å². The number of nitrogens with one attached hydrogen (secondary N) is 2. The number of hydrogen-bond donors (Lipinski definition) is 2. The summed E-state index contributed by atoms with van der Waals surface area (Å²) in [5.41, 5.74) is 6.40. The van der Waals surface area contributed by atoms with Gasteiger partial charge in [-0.15, -0.1) is 11.8 Å². The second-order valence-corrected chi connectivity index (χ2v) is 7.23. The minimum absolute atomic E-state index is 0.285. The number of benzene rings is 2. The molecule has 7 heteroatoms. The summed E-state index contributed by atoms with van der Waals surface area (Å²) in [5.74, 6) is 0.298. The van der Waals surface area contributed by atoms with Crippen LogP contribution in [0.25, 0.3) is 0 Å². The van der Waals surface area contributed by atoms with Crippen LogP contribution in [0.2, 0.25) is 0 Å². The van der Waals surface area contributed by atoms with Gasteiger partial charge >= 0.3 is 0 Å². The SMILES string of the molecule is CCOc1ccc(C(=O)NNC(=O)[C@@H](C)Sc2ccc(C)cc2)cc1OC. The van der Waals surface area contributed by atoms with E-state index in [4.69, 9.17) is 9.47 Å². The Hall–Kier alpha value is -2.67. The summed E-state index contributed by atoms with van der Waals surface area (Å²) in [7, 11) is 1.51. The zero-order valence-corrected chi connectivity index (χ0v) is 16.7. The molecule has 2 N–H and O–H groups in total. The summed E-state index contributed by atoms with van der Waals surface area (Å²) in [6.07, 6.45) is 0. The van der Waals surface area contributed by atoms with Gasteiger partial charge in [0.25, 0.3) is 11.8 Å². The highest BCUT2D eigenvalue weighted by Crippen LogP contribution is 2.28. The fraction of sp³-hybridized carbons (Fsp3) is 0.300. The lowest BCUT2D eigenvalue weighted by molar-refractivity contribution is -0.121. The first kappa shape index (κ1) is 20.6. The fourth-order valence-electron chi connectivity index (χ4n) is 2.25. The van der Waals surface area contributed by atoms with Crippen molar-refractivity contribution < 1.29 is 19.1 Å². The molecule has 0 spiro atoms. The number of rotatable bonds is 7. The maximum Gasteiger partial charge on any atom is 0.269 e. The molecule has 0 unspecified atom stereocenters. The number of methoxy groups -OCH3 is 1. The largest absolute Gasteiger partial charge is 0.493 e. The predicted molar refractivity (Wildman–Crippen MR) is 106 cm³/mol. The maximum atomic E-state index is 12.3. The monoisotopic (exact) mass is 388 g/mol. The molecule has 2 amide bonds. The van der Waals surface area contributed by atoms with Gasteiger partial charge in [0.05, 0.1) is 19.0 Å². The summed E-state index contributed by atoms with van der Waals surface area (Å²) in [4.78, 5) is 25.5. The van der Waals surface area contributed by atoms with Crippen LogP contribution < -0.4 is 20.3 Å². The third-order valence-corrected chi connectivity index (χ3v) is 4.84. The third-order valence-electron chi connectivity index (χ3n) is 3.73. The van der Waals surface area contributed by atoms with Gasteiger partial charge in [0.2, 0.25) is 0 Å². The smallest absolute Gasteiger partial charge is 0.269 e. The highest BCUT2D eigenvalue weighted by molar-refractivity contribution is 8.00. The van der Waals surface area contributed by atoms with Gasteiger partial charge in [-0.05, 0) is 51.1 Å². The van der Waals surface area contributed by atoms with Crippen molar-refractivity contribution in [1.82, 2.24) is 10.9 Å². The lowest BCUT2D eigenvalue weighted by Gasteiger charge is -2.14. The maximum absolute atomic E-state index is 12.3. The van der Waals surface area contributed by atoms with Crippen LogP contribution in [0.1, 0.15) is 29.8 Å². The van der Waals surface area contributed by atoms with Crippen LogP contribution in [-0.4, -0.2) is 30.8 Å². The quantitative estimate of drug-likeness (QED) is 0.562. The zero-order chi connectivity index (χ0) is 19.8. The number of hydrogen-bond acceptors (Lipinski definition) is 5. The molecule has 2 rings (SSSR count). The lowest BCUT2D eigenvalue weighted by atomic mass is 10.2. The van der Waals surface area contributed by atoms with E-state index in [0.717, 1.165) is 10.5 Å². The van der Waals surface area contributed by atoms with Crippen LogP contribution in [0.15, 0.2) is 47.4 Å². The molecule has 0 aliphatic rings. The van der Waals surface area contributed by atoms with E-state index >= 15 is 0 Å². The normalized spacial score (nSPS) is 11.4. The van der Waals surface area contributed by atoms with Gasteiger partial charge in [-0.3, -0.25) is 20.4 Å². The molecule has 0 aromatic heterocycles. The first-order valence-corrected chi connectivity index (χ1v) is 9.47. The average molecular weight is 388 g/mol. The summed E-state index contributed by atoms with van der Waals surface area (Å²) >= 11 is 1.42. The Bertz CT molecular complexity index is 793. The Labute approximate surface area is 163 Å². The molecule has 144 valence electrons. The van der Waals surface area contributed by atoms with Gasteiger partial charge in [0.1, 0.15) is 0 Å². The van der Waals surface area contributed by atoms with E-state index in [0.29, 0.717) is 23.7 Å². The van der Waals surface area contributed by atoms with Crippen LogP contribution in [0.5, 0.6) is 11.5 Å². The van der Waals surface area contributed by atoms with Crippen LogP contribution >= 0.6 is 11.8 Å². The van der Waals surface area contributed by atoms with Gasteiger partial charge in [0, 0.05) is 10.5 Å². The fourth-order valence-corrected chi connectivity index (χ4v) is 3.12. The number of carbonyl (C=O) groups excluding carboxylic acids is 2. The van der Waals surface area contributed by atoms with E-state index in [1.807, 2.05) is 38.1 Å². The molecule has 0 radical (unpaired) electrons. The molecule has 2 aromatic carbocycles. The first-order chi connectivity index (χ1) is 12.9. The molecule has 0 bridgehead atoms. The Morgan fingerprint density at radius 2 is 1.78 bits per heavy atom. The van der Waals surface area contributed by atoms with E-state index in [1.165, 1.54) is 18.9 Å². The summed E-state index contributed by atoms with van der Waals surface area (Å²) in [6.45, 7) is 6.15. The molecular formula is C20H24N2O4S. The van der Waals surface area contributed by atoms with Crippen LogP contribution in [0.3, 0.4) is 0 Å². The van der Waals surface area contributed by atoms with Crippen LogP contribution in [0, 0.1) is 6.92 Å². The standard InChI is InChI=1S/C20H24N2O4S/c1-5-26-17-11-8-15(12-18(17)25-4)20(24)22-21-19(23)14(3)27-16-9-6-13(2)7-10-16/h6-12,14H,5H2,1-4H3,(H,21,23)(H,22,24)/t14-/m1/s1. The van der Waals surface area contributed by atoms with E-state index in [1.54, 1.807) is 25.1 Å². The molecule has 0 aliphatic heterocycles. The van der Waals surface area contributed by atoms with Crippen molar-refractivity contribution in [3.63, 3.8) is 0 Å². The molecule has 6 nitrogen and oxygen atoms in total. The second kappa shape index (κ2) is 9.87. The molecular weight excluding hydrogens is 364 g/mol. The van der Waals surface area contributed by atoms with Crippen molar-refractivity contribution in [2.45, 2.75) is 30.9 Å². The van der Waals surface area contributed by atoms with E-state index < -0.39 is 5.91 Å². The average Bonchev–Trinajstić information content (AvgIpc) is 2.68.